The van der Waals surface area contributed by atoms with Crippen LogP contribution in [0, 0.1) is 11.8 Å². The smallest absolute Gasteiger partial charge is 0.385 e. The Bertz CT molecular complexity index is 962. The highest BCUT2D eigenvalue weighted by Crippen LogP contribution is 2.36. The normalized spacial score (nSPS) is 22.2. The molecule has 8 nitrogen and oxygen atoms in total. The van der Waals surface area contributed by atoms with Crippen LogP contribution in [0.4, 0.5) is 31.1 Å². The molecule has 0 radical (unpaired) electrons. The number of halogens is 6. The first kappa shape index (κ1) is 26.4. The van der Waals surface area contributed by atoms with E-state index in [0.717, 1.165) is 6.42 Å². The van der Waals surface area contributed by atoms with Crippen molar-refractivity contribution in [2.75, 3.05) is 0 Å². The van der Waals surface area contributed by atoms with E-state index in [4.69, 9.17) is 0 Å². The number of urea groups is 1. The molecule has 3 rings (SSSR count). The number of hydrogen-bond donors (Lipinski definition) is 1. The van der Waals surface area contributed by atoms with Gasteiger partial charge in [0, 0.05) is 12.4 Å². The predicted molar refractivity (Wildman–Crippen MR) is 104 cm³/mol. The number of nitrogens with zero attached hydrogens (tertiary/aromatic N) is 2. The maximum Gasteiger partial charge on any atom is 0.491 e. The number of imide groups is 1. The highest BCUT2D eigenvalue weighted by atomic mass is 19.4. The molecule has 1 aliphatic heterocycles. The first-order valence-electron chi connectivity index (χ1n) is 10.7. The van der Waals surface area contributed by atoms with Crippen molar-refractivity contribution in [2.24, 2.45) is 11.8 Å². The van der Waals surface area contributed by atoms with Gasteiger partial charge in [0.15, 0.2) is 6.04 Å². The summed E-state index contributed by atoms with van der Waals surface area (Å²) >= 11 is 0. The number of likely N-dealkylation sites (tertiary alicyclic amines) is 1. The zero-order chi connectivity index (χ0) is 26.0. The Hall–Kier alpha value is -3.19. The van der Waals surface area contributed by atoms with E-state index < -0.39 is 60.1 Å². The van der Waals surface area contributed by atoms with Gasteiger partial charge in [-0.1, -0.05) is 19.3 Å². The van der Waals surface area contributed by atoms with E-state index in [1.807, 2.05) is 0 Å². The minimum absolute atomic E-state index is 0.0827. The Labute approximate surface area is 195 Å². The molecule has 192 valence electrons. The minimum Gasteiger partial charge on any atom is -0.385 e. The second kappa shape index (κ2) is 10.2. The van der Waals surface area contributed by atoms with Gasteiger partial charge in [-0.05, 0) is 42.9 Å². The minimum atomic E-state index is -5.54. The number of carbonyl (C=O) groups is 4. The average molecular weight is 509 g/mol. The van der Waals surface area contributed by atoms with Gasteiger partial charge in [0.25, 0.3) is 0 Å². The molecule has 1 aliphatic carbocycles. The zero-order valence-corrected chi connectivity index (χ0v) is 18.1. The zero-order valence-electron chi connectivity index (χ0n) is 18.1. The Morgan fingerprint density at radius 1 is 1.06 bits per heavy atom. The number of aromatic nitrogens is 1. The molecule has 2 heterocycles. The molecule has 14 heteroatoms. The third-order valence-corrected chi connectivity index (χ3v) is 6.06. The lowest BCUT2D eigenvalue weighted by Gasteiger charge is -2.44. The van der Waals surface area contributed by atoms with Gasteiger partial charge in [-0.25, -0.2) is 19.3 Å². The summed E-state index contributed by atoms with van der Waals surface area (Å²) < 4.78 is 82.5. The Morgan fingerprint density at radius 3 is 2.20 bits per heavy atom. The van der Waals surface area contributed by atoms with Gasteiger partial charge in [-0.3, -0.25) is 9.78 Å². The van der Waals surface area contributed by atoms with Crippen LogP contribution in [0.5, 0.6) is 0 Å². The molecule has 1 aromatic rings. The van der Waals surface area contributed by atoms with E-state index in [2.05, 4.69) is 9.72 Å². The maximum absolute atomic E-state index is 13.7. The number of β-lactam (4-membered cyclic amide) rings is 1. The van der Waals surface area contributed by atoms with Crippen molar-refractivity contribution in [2.45, 2.75) is 63.0 Å². The third-order valence-electron chi connectivity index (χ3n) is 6.06. The van der Waals surface area contributed by atoms with Gasteiger partial charge < -0.3 is 10.1 Å². The van der Waals surface area contributed by atoms with Crippen LogP contribution in [0.25, 0.3) is 0 Å². The molecule has 3 atom stereocenters. The van der Waals surface area contributed by atoms with Gasteiger partial charge in [0.2, 0.25) is 5.91 Å². The largest absolute Gasteiger partial charge is 0.491 e. The molecule has 0 spiro atoms. The highest BCUT2D eigenvalue weighted by Gasteiger charge is 2.58. The van der Waals surface area contributed by atoms with Crippen molar-refractivity contribution in [3.8, 4) is 0 Å². The van der Waals surface area contributed by atoms with Gasteiger partial charge in [0.1, 0.15) is 6.04 Å². The molecule has 1 N–H and O–H groups in total. The number of nitrogens with one attached hydrogen (secondary N) is 1. The van der Waals surface area contributed by atoms with Crippen molar-refractivity contribution in [1.82, 2.24) is 15.2 Å². The predicted octanol–water partition coefficient (Wildman–Crippen LogP) is 3.30. The number of ether oxygens (including phenoxy) is 1. The van der Waals surface area contributed by atoms with E-state index in [1.165, 1.54) is 24.5 Å². The Morgan fingerprint density at radius 2 is 1.66 bits per heavy atom. The van der Waals surface area contributed by atoms with E-state index in [9.17, 15) is 45.5 Å². The van der Waals surface area contributed by atoms with Gasteiger partial charge in [0.05, 0.1) is 5.92 Å². The number of rotatable bonds is 5. The highest BCUT2D eigenvalue weighted by molar-refractivity contribution is 6.09. The Kier molecular flexibility index (Phi) is 7.70. The van der Waals surface area contributed by atoms with Crippen LogP contribution in [0.3, 0.4) is 0 Å². The molecular formula is C21H21F6N3O5. The van der Waals surface area contributed by atoms with Crippen molar-refractivity contribution in [3.05, 3.63) is 30.1 Å². The van der Waals surface area contributed by atoms with Crippen LogP contribution in [0.15, 0.2) is 24.5 Å². The number of pyridine rings is 1. The summed E-state index contributed by atoms with van der Waals surface area (Å²) in [7, 11) is 0. The number of hydrogen-bond acceptors (Lipinski definition) is 6. The van der Waals surface area contributed by atoms with E-state index in [0.29, 0.717) is 18.4 Å². The first-order chi connectivity index (χ1) is 16.3. The van der Waals surface area contributed by atoms with Crippen LogP contribution in [0.1, 0.15) is 37.7 Å². The molecule has 1 saturated carbocycles. The van der Waals surface area contributed by atoms with Crippen LogP contribution >= 0.6 is 0 Å². The van der Waals surface area contributed by atoms with Crippen molar-refractivity contribution in [3.63, 3.8) is 0 Å². The summed E-state index contributed by atoms with van der Waals surface area (Å²) in [6.45, 7) is 0. The monoisotopic (exact) mass is 509 g/mol. The summed E-state index contributed by atoms with van der Waals surface area (Å²) in [5, 5.41) is 1.73. The van der Waals surface area contributed by atoms with Gasteiger partial charge in [-0.2, -0.15) is 26.3 Å². The summed E-state index contributed by atoms with van der Waals surface area (Å²) in [5.74, 6) is -8.24. The molecule has 1 saturated heterocycles. The van der Waals surface area contributed by atoms with Crippen molar-refractivity contribution < 1.29 is 50.3 Å². The average Bonchev–Trinajstić information content (AvgIpc) is 2.78. The molecule has 1 aromatic heterocycles. The molecule has 0 unspecified atom stereocenters. The maximum atomic E-state index is 13.7. The summed E-state index contributed by atoms with van der Waals surface area (Å²) in [6.07, 6.45) is -5.89. The number of carbonyl (C=O) groups excluding carboxylic acids is 4. The van der Waals surface area contributed by atoms with Gasteiger partial charge in [-0.15, -0.1) is 0 Å². The summed E-state index contributed by atoms with van der Waals surface area (Å²) in [4.78, 5) is 52.7. The van der Waals surface area contributed by atoms with Gasteiger partial charge >= 0.3 is 30.3 Å². The van der Waals surface area contributed by atoms with E-state index in [-0.39, 0.29) is 24.2 Å². The summed E-state index contributed by atoms with van der Waals surface area (Å²) in [6, 6.07) is -3.09. The number of esters is 2. The lowest BCUT2D eigenvalue weighted by molar-refractivity contribution is -0.205. The van der Waals surface area contributed by atoms with E-state index >= 15 is 0 Å². The van der Waals surface area contributed by atoms with Crippen LogP contribution in [-0.2, 0) is 25.5 Å². The number of alkyl halides is 6. The fourth-order valence-electron chi connectivity index (χ4n) is 4.36. The third kappa shape index (κ3) is 6.09. The number of amides is 3. The van der Waals surface area contributed by atoms with Crippen molar-refractivity contribution >= 4 is 23.9 Å². The fraction of sp³-hybridized carbons (Fsp3) is 0.571. The second-order valence-electron chi connectivity index (χ2n) is 8.39. The lowest BCUT2D eigenvalue weighted by atomic mass is 9.82. The SMILES string of the molecule is O=C(OC(=O)C(F)(F)F)[C@@H]1[C@@H](Cc2ccncc2)C(=O)N1C(=O)N[C@@H](C1CCCCC1)C(F)(F)F. The molecule has 2 fully saturated rings. The molecule has 0 bridgehead atoms. The van der Waals surface area contributed by atoms with E-state index in [1.54, 1.807) is 5.32 Å². The first-order valence-corrected chi connectivity index (χ1v) is 10.7. The fourth-order valence-corrected chi connectivity index (χ4v) is 4.36. The molecule has 0 aromatic carbocycles. The molecular weight excluding hydrogens is 488 g/mol. The lowest BCUT2D eigenvalue weighted by Crippen LogP contribution is -2.70. The van der Waals surface area contributed by atoms with Crippen LogP contribution < -0.4 is 5.32 Å². The topological polar surface area (TPSA) is 106 Å². The standard InChI is InChI=1S/C21H21F6N3O5/c22-20(23,24)15(12-4-2-1-3-5-12)29-19(34)30-14(17(32)35-18(33)21(25,26)27)13(16(30)31)10-11-6-8-28-9-7-11/h6-9,12-15H,1-5,10H2,(H,29,34)/t13-,14+,15+/m1/s1. The molecule has 2 aliphatic rings. The molecule has 3 amide bonds. The van der Waals surface area contributed by atoms with Crippen LogP contribution in [0.2, 0.25) is 0 Å². The Balaban J connectivity index is 1.83. The summed E-state index contributed by atoms with van der Waals surface area (Å²) in [5.41, 5.74) is 0.411. The van der Waals surface area contributed by atoms with Crippen LogP contribution in [-0.4, -0.2) is 58.2 Å². The second-order valence-corrected chi connectivity index (χ2v) is 8.39. The quantitative estimate of drug-likeness (QED) is 0.283. The molecule has 35 heavy (non-hydrogen) atoms. The van der Waals surface area contributed by atoms with Crippen molar-refractivity contribution in [1.29, 1.82) is 0 Å².